The van der Waals surface area contributed by atoms with Crippen LogP contribution in [0.3, 0.4) is 0 Å². The van der Waals surface area contributed by atoms with E-state index in [-0.39, 0.29) is 12.5 Å². The molecule has 172 valence electrons. The van der Waals surface area contributed by atoms with E-state index < -0.39 is 23.5 Å². The molecule has 0 spiro atoms. The Labute approximate surface area is 190 Å². The van der Waals surface area contributed by atoms with Crippen LogP contribution in [0, 0.1) is 5.92 Å². The quantitative estimate of drug-likeness (QED) is 0.542. The number of benzene rings is 2. The molecule has 8 nitrogen and oxygen atoms in total. The van der Waals surface area contributed by atoms with Crippen LogP contribution in [0.2, 0.25) is 0 Å². The zero-order valence-corrected chi connectivity index (χ0v) is 18.8. The Bertz CT molecular complexity index is 1230. The summed E-state index contributed by atoms with van der Waals surface area (Å²) in [4.78, 5) is 25.6. The van der Waals surface area contributed by atoms with Gasteiger partial charge < -0.3 is 28.1 Å². The van der Waals surface area contributed by atoms with Crippen molar-refractivity contribution in [3.8, 4) is 17.2 Å². The summed E-state index contributed by atoms with van der Waals surface area (Å²) < 4.78 is 33.4. The third-order valence-electron chi connectivity index (χ3n) is 6.62. The monoisotopic (exact) mass is 452 g/mol. The molecule has 1 aliphatic heterocycles. The largest absolute Gasteiger partial charge is 0.493 e. The molecule has 5 rings (SSSR count). The molecule has 33 heavy (non-hydrogen) atoms. The van der Waals surface area contributed by atoms with Crippen LogP contribution in [0.25, 0.3) is 10.8 Å². The van der Waals surface area contributed by atoms with E-state index in [2.05, 4.69) is 6.07 Å². The number of ether oxygens (including phenoxy) is 5. The molecule has 3 aromatic rings. The molecule has 0 radical (unpaired) electrons. The Kier molecular flexibility index (Phi) is 4.96. The Balaban J connectivity index is 1.83. The van der Waals surface area contributed by atoms with Gasteiger partial charge in [0.1, 0.15) is 0 Å². The van der Waals surface area contributed by atoms with Crippen LogP contribution >= 0.6 is 0 Å². The first kappa shape index (κ1) is 21.2. The summed E-state index contributed by atoms with van der Waals surface area (Å²) in [5, 5.41) is 1.84. The van der Waals surface area contributed by atoms with Crippen LogP contribution in [0.15, 0.2) is 41.2 Å². The minimum absolute atomic E-state index is 0.163. The molecule has 2 aromatic carbocycles. The first-order valence-corrected chi connectivity index (χ1v) is 10.6. The van der Waals surface area contributed by atoms with Gasteiger partial charge in [0.05, 0.1) is 46.4 Å². The maximum atomic E-state index is 13.3. The Morgan fingerprint density at radius 3 is 2.27 bits per heavy atom. The summed E-state index contributed by atoms with van der Waals surface area (Å²) in [6.07, 6.45) is 3.87. The molecule has 0 amide bonds. The fraction of sp³-hybridized carbons (Fsp3) is 0.360. The molecule has 0 bridgehead atoms. The van der Waals surface area contributed by atoms with Crippen molar-refractivity contribution in [1.29, 1.82) is 0 Å². The van der Waals surface area contributed by atoms with Gasteiger partial charge in [0.2, 0.25) is 11.4 Å². The second-order valence-electron chi connectivity index (χ2n) is 8.33. The Morgan fingerprint density at radius 1 is 1.00 bits per heavy atom. The van der Waals surface area contributed by atoms with Gasteiger partial charge in [-0.2, -0.15) is 0 Å². The van der Waals surface area contributed by atoms with E-state index in [1.165, 1.54) is 28.3 Å². The number of methoxy groups -OCH3 is 3. The van der Waals surface area contributed by atoms with Crippen LogP contribution in [-0.4, -0.2) is 45.5 Å². The third-order valence-corrected chi connectivity index (χ3v) is 6.62. The number of furan rings is 1. The molecule has 8 heteroatoms. The first-order valence-electron chi connectivity index (χ1n) is 10.6. The normalized spacial score (nSPS) is 23.5. The number of carbonyl (C=O) groups excluding carboxylic acids is 2. The number of hydrogen-bond donors (Lipinski definition) is 0. The van der Waals surface area contributed by atoms with Crippen LogP contribution in [0.4, 0.5) is 0 Å². The van der Waals surface area contributed by atoms with E-state index in [1.807, 2.05) is 6.07 Å². The zero-order valence-electron chi connectivity index (χ0n) is 18.8. The molecule has 1 aromatic heterocycles. The number of rotatable bonds is 5. The topological polar surface area (TPSA) is 93.4 Å². The number of esters is 2. The highest BCUT2D eigenvalue weighted by Gasteiger charge is 2.63. The van der Waals surface area contributed by atoms with Gasteiger partial charge in [-0.05, 0) is 47.4 Å². The maximum Gasteiger partial charge on any atom is 0.352 e. The van der Waals surface area contributed by atoms with Crippen LogP contribution in [0.5, 0.6) is 17.2 Å². The smallest absolute Gasteiger partial charge is 0.352 e. The lowest BCUT2D eigenvalue weighted by Gasteiger charge is -2.42. The summed E-state index contributed by atoms with van der Waals surface area (Å²) in [6.45, 7) is 1.47. The van der Waals surface area contributed by atoms with Gasteiger partial charge in [0, 0.05) is 23.6 Å². The van der Waals surface area contributed by atoms with E-state index in [0.29, 0.717) is 29.2 Å². The molecule has 1 fully saturated rings. The Hall–Kier alpha value is -3.68. The van der Waals surface area contributed by atoms with Gasteiger partial charge in [0.15, 0.2) is 11.5 Å². The second kappa shape index (κ2) is 7.72. The number of fused-ring (bicyclic) bond motifs is 3. The fourth-order valence-corrected chi connectivity index (χ4v) is 5.29. The lowest BCUT2D eigenvalue weighted by Crippen LogP contribution is -2.53. The highest BCUT2D eigenvalue weighted by Crippen LogP contribution is 2.54. The van der Waals surface area contributed by atoms with Gasteiger partial charge in [-0.3, -0.25) is 4.79 Å². The first-order chi connectivity index (χ1) is 15.9. The van der Waals surface area contributed by atoms with Crippen LogP contribution in [-0.2, 0) is 25.5 Å². The molecule has 0 N–H and O–H groups in total. The Morgan fingerprint density at radius 2 is 1.67 bits per heavy atom. The molecule has 2 heterocycles. The van der Waals surface area contributed by atoms with Gasteiger partial charge in [-0.15, -0.1) is 0 Å². The summed E-state index contributed by atoms with van der Waals surface area (Å²) in [5.41, 5.74) is 1.06. The molecule has 1 aliphatic carbocycles. The van der Waals surface area contributed by atoms with Gasteiger partial charge in [-0.25, -0.2) is 4.79 Å². The summed E-state index contributed by atoms with van der Waals surface area (Å²) in [5.74, 6) is -0.817. The number of cyclic esters (lactones) is 1. The van der Waals surface area contributed by atoms with Gasteiger partial charge in [-0.1, -0.05) is 0 Å². The molecular formula is C25H24O8. The molecule has 3 atom stereocenters. The second-order valence-corrected chi connectivity index (χ2v) is 8.33. The predicted octanol–water partition coefficient (Wildman–Crippen LogP) is 3.62. The highest BCUT2D eigenvalue weighted by atomic mass is 16.6. The lowest BCUT2D eigenvalue weighted by molar-refractivity contribution is -0.176. The van der Waals surface area contributed by atoms with E-state index >= 15 is 0 Å². The predicted molar refractivity (Wildman–Crippen MR) is 117 cm³/mol. The minimum Gasteiger partial charge on any atom is -0.493 e. The molecule has 0 unspecified atom stereocenters. The number of hydrogen-bond acceptors (Lipinski definition) is 8. The van der Waals surface area contributed by atoms with Gasteiger partial charge >= 0.3 is 11.9 Å². The average Bonchev–Trinajstić information content (AvgIpc) is 3.38. The minimum atomic E-state index is -1.51. The van der Waals surface area contributed by atoms with Crippen molar-refractivity contribution in [2.24, 2.45) is 5.92 Å². The standard InChI is InChI=1S/C25H24O8/c1-13(26)33-25-18(12-32-24(25)27)6-14-5-16-10-31-11-17(16)7-19(14)22(25)15-8-20(28-2)23(30-4)21(9-15)29-3/h5,7-11,18,22H,6,12H2,1-4H3/t18-,22+,25-/m0/s1. The van der Waals surface area contributed by atoms with E-state index in [1.54, 1.807) is 24.7 Å². The van der Waals surface area contributed by atoms with Crippen LogP contribution < -0.4 is 14.2 Å². The zero-order chi connectivity index (χ0) is 23.3. The number of carbonyl (C=O) groups is 2. The van der Waals surface area contributed by atoms with Crippen molar-refractivity contribution in [3.05, 3.63) is 53.5 Å². The van der Waals surface area contributed by atoms with E-state index in [9.17, 15) is 9.59 Å². The summed E-state index contributed by atoms with van der Waals surface area (Å²) >= 11 is 0. The molecule has 2 aliphatic rings. The van der Waals surface area contributed by atoms with Crippen molar-refractivity contribution < 1.29 is 37.7 Å². The van der Waals surface area contributed by atoms with Crippen LogP contribution in [0.1, 0.15) is 29.5 Å². The van der Waals surface area contributed by atoms with Crippen molar-refractivity contribution in [3.63, 3.8) is 0 Å². The molecule has 0 saturated carbocycles. The summed E-state index contributed by atoms with van der Waals surface area (Å²) in [6, 6.07) is 7.61. The lowest BCUT2D eigenvalue weighted by atomic mass is 9.64. The fourth-order valence-electron chi connectivity index (χ4n) is 5.29. The van der Waals surface area contributed by atoms with Crippen molar-refractivity contribution in [1.82, 2.24) is 0 Å². The van der Waals surface area contributed by atoms with Crippen molar-refractivity contribution in [2.75, 3.05) is 27.9 Å². The molecule has 1 saturated heterocycles. The summed E-state index contributed by atoms with van der Waals surface area (Å²) in [7, 11) is 4.58. The maximum absolute atomic E-state index is 13.3. The van der Waals surface area contributed by atoms with Crippen molar-refractivity contribution >= 4 is 22.7 Å². The third kappa shape index (κ3) is 3.04. The van der Waals surface area contributed by atoms with Gasteiger partial charge in [0.25, 0.3) is 0 Å². The van der Waals surface area contributed by atoms with E-state index in [0.717, 1.165) is 21.9 Å². The van der Waals surface area contributed by atoms with E-state index in [4.69, 9.17) is 28.1 Å². The SMILES string of the molecule is COc1cc([C@@H]2c3cc4cocc4cc3C[C@H]3COC(=O)[C@]32OC(C)=O)cc(OC)c1OC. The average molecular weight is 452 g/mol. The van der Waals surface area contributed by atoms with Crippen molar-refractivity contribution in [2.45, 2.75) is 24.9 Å². The molecular weight excluding hydrogens is 428 g/mol. The highest BCUT2D eigenvalue weighted by molar-refractivity contribution is 5.90.